The van der Waals surface area contributed by atoms with Gasteiger partial charge in [-0.25, -0.2) is 13.1 Å². The predicted molar refractivity (Wildman–Crippen MR) is 90.7 cm³/mol. The van der Waals surface area contributed by atoms with Gasteiger partial charge in [-0.1, -0.05) is 13.8 Å². The van der Waals surface area contributed by atoms with Crippen molar-refractivity contribution >= 4 is 15.9 Å². The molecule has 0 fully saturated rings. The number of nitrogens with zero attached hydrogens (tertiary/aromatic N) is 2. The lowest BCUT2D eigenvalue weighted by atomic mass is 9.92. The van der Waals surface area contributed by atoms with Gasteiger partial charge in [-0.05, 0) is 25.3 Å². The zero-order chi connectivity index (χ0) is 18.0. The number of hydrogen-bond acceptors (Lipinski definition) is 4. The maximum atomic E-state index is 12.6. The number of aromatic nitrogens is 1. The molecule has 0 bridgehead atoms. The molecule has 8 heteroatoms. The second-order valence-electron chi connectivity index (χ2n) is 6.84. The van der Waals surface area contributed by atoms with Gasteiger partial charge in [-0.15, -0.1) is 0 Å². The second kappa shape index (κ2) is 7.02. The Kier molecular flexibility index (Phi) is 6.00. The van der Waals surface area contributed by atoms with Gasteiger partial charge in [0.05, 0.1) is 0 Å². The molecule has 0 aliphatic rings. The normalized spacial score (nSPS) is 14.8. The molecule has 1 amide bonds. The van der Waals surface area contributed by atoms with E-state index in [0.29, 0.717) is 18.0 Å². The van der Waals surface area contributed by atoms with Crippen molar-refractivity contribution in [1.29, 1.82) is 0 Å². The van der Waals surface area contributed by atoms with E-state index in [2.05, 4.69) is 4.72 Å². The van der Waals surface area contributed by atoms with Crippen molar-refractivity contribution in [3.63, 3.8) is 0 Å². The van der Waals surface area contributed by atoms with E-state index >= 15 is 0 Å². The van der Waals surface area contributed by atoms with Crippen LogP contribution in [0, 0.1) is 5.92 Å². The summed E-state index contributed by atoms with van der Waals surface area (Å²) in [5.41, 5.74) is 5.36. The first-order chi connectivity index (χ1) is 10.4. The second-order valence-corrected chi connectivity index (χ2v) is 8.52. The fraction of sp³-hybridized carbons (Fsp3) is 0.667. The lowest BCUT2D eigenvalue weighted by Crippen LogP contribution is -2.51. The van der Waals surface area contributed by atoms with Crippen LogP contribution in [-0.4, -0.2) is 50.0 Å². The molecule has 0 radical (unpaired) electrons. The summed E-state index contributed by atoms with van der Waals surface area (Å²) in [6.45, 7) is 6.01. The molecule has 0 spiro atoms. The van der Waals surface area contributed by atoms with Crippen LogP contribution in [-0.2, 0) is 17.1 Å². The average molecular weight is 344 g/mol. The zero-order valence-corrected chi connectivity index (χ0v) is 15.6. The van der Waals surface area contributed by atoms with Crippen molar-refractivity contribution in [2.75, 3.05) is 20.6 Å². The van der Waals surface area contributed by atoms with Gasteiger partial charge in [0.15, 0.2) is 0 Å². The molecule has 1 atom stereocenters. The van der Waals surface area contributed by atoms with Crippen LogP contribution in [0.15, 0.2) is 17.2 Å². The van der Waals surface area contributed by atoms with Crippen LogP contribution in [0.5, 0.6) is 0 Å². The highest BCUT2D eigenvalue weighted by Crippen LogP contribution is 2.21. The number of rotatable bonds is 7. The number of hydrogen-bond donors (Lipinski definition) is 2. The summed E-state index contributed by atoms with van der Waals surface area (Å²) in [6, 6.07) is 1.39. The van der Waals surface area contributed by atoms with E-state index in [9.17, 15) is 13.2 Å². The van der Waals surface area contributed by atoms with Crippen molar-refractivity contribution in [2.45, 2.75) is 37.6 Å². The molecule has 1 aromatic rings. The number of nitrogens with two attached hydrogens (primary N) is 1. The van der Waals surface area contributed by atoms with Crippen molar-refractivity contribution in [1.82, 2.24) is 14.2 Å². The highest BCUT2D eigenvalue weighted by atomic mass is 32.2. The van der Waals surface area contributed by atoms with Crippen LogP contribution in [0.25, 0.3) is 0 Å². The summed E-state index contributed by atoms with van der Waals surface area (Å²) in [7, 11) is 1.13. The Hall–Kier alpha value is -1.38. The molecule has 1 heterocycles. The van der Waals surface area contributed by atoms with E-state index in [-0.39, 0.29) is 17.3 Å². The number of aryl methyl sites for hydroxylation is 1. The van der Waals surface area contributed by atoms with E-state index in [4.69, 9.17) is 5.73 Å². The number of carbonyl (C=O) groups excluding carboxylic acids is 1. The van der Waals surface area contributed by atoms with Crippen LogP contribution in [0.4, 0.5) is 0 Å². The van der Waals surface area contributed by atoms with E-state index in [1.807, 2.05) is 13.8 Å². The molecule has 23 heavy (non-hydrogen) atoms. The van der Waals surface area contributed by atoms with Gasteiger partial charge in [0, 0.05) is 39.4 Å². The fourth-order valence-corrected chi connectivity index (χ4v) is 4.07. The first-order valence-electron chi connectivity index (χ1n) is 7.54. The van der Waals surface area contributed by atoms with Gasteiger partial charge in [0.1, 0.15) is 10.6 Å². The summed E-state index contributed by atoms with van der Waals surface area (Å²) in [4.78, 5) is 13.5. The van der Waals surface area contributed by atoms with Crippen LogP contribution in [0.2, 0.25) is 0 Å². The maximum Gasteiger partial charge on any atom is 0.269 e. The Morgan fingerprint density at radius 1 is 1.43 bits per heavy atom. The Labute approximate surface area is 138 Å². The summed E-state index contributed by atoms with van der Waals surface area (Å²) in [5.74, 6) is 0.0469. The third-order valence-electron chi connectivity index (χ3n) is 3.61. The molecule has 1 aromatic heterocycles. The molecule has 1 rings (SSSR count). The number of carbonyl (C=O) groups is 1. The van der Waals surface area contributed by atoms with Gasteiger partial charge in [0.25, 0.3) is 5.91 Å². The average Bonchev–Trinajstić information content (AvgIpc) is 2.79. The van der Waals surface area contributed by atoms with E-state index in [1.165, 1.54) is 21.7 Å². The number of nitrogens with one attached hydrogen (secondary N) is 1. The van der Waals surface area contributed by atoms with Crippen LogP contribution >= 0.6 is 0 Å². The topological polar surface area (TPSA) is 97.4 Å². The van der Waals surface area contributed by atoms with Gasteiger partial charge in [-0.2, -0.15) is 0 Å². The third kappa shape index (κ3) is 4.79. The smallest absolute Gasteiger partial charge is 0.269 e. The minimum absolute atomic E-state index is 0.0635. The molecule has 0 aliphatic heterocycles. The SMILES string of the molecule is CC(C)CC(C)(CN)NS(=O)(=O)c1cc(C(=O)N(C)C)n(C)c1. The van der Waals surface area contributed by atoms with Crippen molar-refractivity contribution < 1.29 is 13.2 Å². The molecular weight excluding hydrogens is 316 g/mol. The minimum Gasteiger partial charge on any atom is -0.345 e. The largest absolute Gasteiger partial charge is 0.345 e. The lowest BCUT2D eigenvalue weighted by Gasteiger charge is -2.30. The highest BCUT2D eigenvalue weighted by molar-refractivity contribution is 7.89. The summed E-state index contributed by atoms with van der Waals surface area (Å²) in [5, 5.41) is 0. The predicted octanol–water partition coefficient (Wildman–Crippen LogP) is 0.769. The molecule has 0 aromatic carbocycles. The molecule has 132 valence electrons. The zero-order valence-electron chi connectivity index (χ0n) is 14.8. The number of amides is 1. The van der Waals surface area contributed by atoms with Gasteiger partial charge < -0.3 is 15.2 Å². The maximum absolute atomic E-state index is 12.6. The Morgan fingerprint density at radius 2 is 2.00 bits per heavy atom. The monoisotopic (exact) mass is 344 g/mol. The van der Waals surface area contributed by atoms with E-state index < -0.39 is 15.6 Å². The van der Waals surface area contributed by atoms with E-state index in [1.54, 1.807) is 28.1 Å². The molecule has 7 nitrogen and oxygen atoms in total. The van der Waals surface area contributed by atoms with Crippen LogP contribution in [0.1, 0.15) is 37.7 Å². The van der Waals surface area contributed by atoms with Crippen LogP contribution < -0.4 is 10.5 Å². The molecule has 0 saturated carbocycles. The van der Waals surface area contributed by atoms with E-state index in [0.717, 1.165) is 0 Å². The molecule has 0 aliphatic carbocycles. The molecular formula is C15H28N4O3S. The molecule has 3 N–H and O–H groups in total. The van der Waals surface area contributed by atoms with Crippen molar-refractivity contribution in [3.8, 4) is 0 Å². The number of sulfonamides is 1. The Morgan fingerprint density at radius 3 is 2.43 bits per heavy atom. The summed E-state index contributed by atoms with van der Waals surface area (Å²) >= 11 is 0. The van der Waals surface area contributed by atoms with Crippen molar-refractivity contribution in [3.05, 3.63) is 18.0 Å². The van der Waals surface area contributed by atoms with Gasteiger partial charge in [0.2, 0.25) is 10.0 Å². The molecule has 1 unspecified atom stereocenters. The Bertz CT molecular complexity index is 664. The minimum atomic E-state index is -3.76. The first kappa shape index (κ1) is 19.7. The van der Waals surface area contributed by atoms with Crippen LogP contribution in [0.3, 0.4) is 0 Å². The molecule has 0 saturated heterocycles. The summed E-state index contributed by atoms with van der Waals surface area (Å²) < 4.78 is 29.5. The summed E-state index contributed by atoms with van der Waals surface area (Å²) in [6.07, 6.45) is 2.06. The lowest BCUT2D eigenvalue weighted by molar-refractivity contribution is 0.0818. The van der Waals surface area contributed by atoms with Crippen molar-refractivity contribution in [2.24, 2.45) is 18.7 Å². The third-order valence-corrected chi connectivity index (χ3v) is 5.21. The standard InChI is InChI=1S/C15H28N4O3S/c1-11(2)8-15(3,10-16)17-23(21,22)12-7-13(19(6)9-12)14(20)18(4)5/h7,9,11,17H,8,10,16H2,1-6H3. The van der Waals surface area contributed by atoms with Gasteiger partial charge >= 0.3 is 0 Å². The quantitative estimate of drug-likeness (QED) is 0.763. The first-order valence-corrected chi connectivity index (χ1v) is 9.02. The Balaban J connectivity index is 3.15. The van der Waals surface area contributed by atoms with Gasteiger partial charge in [-0.3, -0.25) is 4.79 Å². The fourth-order valence-electron chi connectivity index (χ4n) is 2.57. The highest BCUT2D eigenvalue weighted by Gasteiger charge is 2.31.